The van der Waals surface area contributed by atoms with Gasteiger partial charge >= 0.3 is 0 Å². The van der Waals surface area contributed by atoms with Gasteiger partial charge < -0.3 is 10.2 Å². The molecule has 3 heteroatoms. The first-order valence-corrected chi connectivity index (χ1v) is 6.40. The zero-order valence-electron chi connectivity index (χ0n) is 11.1. The number of rotatable bonds is 5. The highest BCUT2D eigenvalue weighted by Crippen LogP contribution is 2.51. The zero-order chi connectivity index (χ0) is 12.3. The lowest BCUT2D eigenvalue weighted by molar-refractivity contribution is 0.0216. The second kappa shape index (κ2) is 5.15. The van der Waals surface area contributed by atoms with E-state index in [0.29, 0.717) is 11.5 Å². The van der Waals surface area contributed by atoms with Crippen molar-refractivity contribution in [2.45, 2.75) is 25.3 Å². The van der Waals surface area contributed by atoms with Crippen LogP contribution in [0.4, 0.5) is 0 Å². The fourth-order valence-electron chi connectivity index (χ4n) is 3.28. The molecular formula is C14H23N3. The number of hydrogen-bond acceptors (Lipinski definition) is 3. The van der Waals surface area contributed by atoms with E-state index >= 15 is 0 Å². The van der Waals surface area contributed by atoms with Crippen molar-refractivity contribution in [1.82, 2.24) is 15.2 Å². The van der Waals surface area contributed by atoms with Crippen molar-refractivity contribution in [3.8, 4) is 0 Å². The van der Waals surface area contributed by atoms with Crippen LogP contribution in [0.15, 0.2) is 24.5 Å². The summed E-state index contributed by atoms with van der Waals surface area (Å²) in [5.41, 5.74) is 1.79. The Morgan fingerprint density at radius 2 is 2.00 bits per heavy atom. The molecule has 0 radical (unpaired) electrons. The molecule has 94 valence electrons. The van der Waals surface area contributed by atoms with Gasteiger partial charge in [-0.05, 0) is 51.7 Å². The summed E-state index contributed by atoms with van der Waals surface area (Å²) in [5, 5.41) is 3.37. The minimum absolute atomic E-state index is 0.402. The van der Waals surface area contributed by atoms with Gasteiger partial charge in [0, 0.05) is 30.4 Å². The minimum Gasteiger partial charge on any atom is -0.319 e. The second-order valence-corrected chi connectivity index (χ2v) is 5.39. The van der Waals surface area contributed by atoms with Gasteiger partial charge in [0.1, 0.15) is 0 Å². The lowest BCUT2D eigenvalue weighted by Crippen LogP contribution is -2.48. The van der Waals surface area contributed by atoms with E-state index in [-0.39, 0.29) is 0 Å². The molecule has 17 heavy (non-hydrogen) atoms. The van der Waals surface area contributed by atoms with Crippen LogP contribution in [0.2, 0.25) is 0 Å². The monoisotopic (exact) mass is 233 g/mol. The highest BCUT2D eigenvalue weighted by Gasteiger charge is 2.45. The van der Waals surface area contributed by atoms with Crippen LogP contribution >= 0.6 is 0 Å². The Morgan fingerprint density at radius 3 is 2.41 bits per heavy atom. The summed E-state index contributed by atoms with van der Waals surface area (Å²) in [6.07, 6.45) is 7.80. The highest BCUT2D eigenvalue weighted by atomic mass is 15.1. The lowest BCUT2D eigenvalue weighted by Gasteiger charge is -2.50. The Bertz CT molecular complexity index is 344. The quantitative estimate of drug-likeness (QED) is 0.844. The maximum absolute atomic E-state index is 4.12. The van der Waals surface area contributed by atoms with Gasteiger partial charge in [0.05, 0.1) is 0 Å². The van der Waals surface area contributed by atoms with Gasteiger partial charge in [0.15, 0.2) is 0 Å². The van der Waals surface area contributed by atoms with E-state index in [1.54, 1.807) is 0 Å². The van der Waals surface area contributed by atoms with Crippen molar-refractivity contribution < 1.29 is 0 Å². The molecule has 1 atom stereocenters. The number of hydrogen-bond donors (Lipinski definition) is 1. The molecule has 0 aliphatic heterocycles. The van der Waals surface area contributed by atoms with Crippen molar-refractivity contribution >= 4 is 0 Å². The van der Waals surface area contributed by atoms with E-state index in [1.165, 1.54) is 24.8 Å². The van der Waals surface area contributed by atoms with Gasteiger partial charge in [-0.1, -0.05) is 6.42 Å². The Kier molecular flexibility index (Phi) is 3.79. The topological polar surface area (TPSA) is 28.2 Å². The smallest absolute Gasteiger partial charge is 0.0411 e. The molecule has 1 N–H and O–H groups in total. The average molecular weight is 233 g/mol. The van der Waals surface area contributed by atoms with Crippen LogP contribution in [-0.2, 0) is 0 Å². The third-order valence-electron chi connectivity index (χ3n) is 4.00. The van der Waals surface area contributed by atoms with Crippen molar-refractivity contribution in [2.24, 2.45) is 5.41 Å². The molecule has 0 amide bonds. The molecule has 3 nitrogen and oxygen atoms in total. The normalized spacial score (nSPS) is 20.0. The van der Waals surface area contributed by atoms with Crippen molar-refractivity contribution in [1.29, 1.82) is 0 Å². The summed E-state index contributed by atoms with van der Waals surface area (Å²) in [5.74, 6) is 0. The van der Waals surface area contributed by atoms with Crippen LogP contribution in [0, 0.1) is 5.41 Å². The summed E-state index contributed by atoms with van der Waals surface area (Å²) in [6, 6.07) is 4.80. The molecule has 1 aromatic rings. The van der Waals surface area contributed by atoms with E-state index in [9.17, 15) is 0 Å². The summed E-state index contributed by atoms with van der Waals surface area (Å²) in [4.78, 5) is 6.48. The molecule has 2 rings (SSSR count). The molecule has 1 aliphatic carbocycles. The van der Waals surface area contributed by atoms with Gasteiger partial charge in [-0.3, -0.25) is 4.98 Å². The molecule has 1 aromatic heterocycles. The van der Waals surface area contributed by atoms with E-state index in [1.807, 2.05) is 12.4 Å². The van der Waals surface area contributed by atoms with Gasteiger partial charge in [0.2, 0.25) is 0 Å². The Balaban J connectivity index is 2.29. The predicted molar refractivity (Wildman–Crippen MR) is 70.9 cm³/mol. The Morgan fingerprint density at radius 1 is 1.35 bits per heavy atom. The van der Waals surface area contributed by atoms with Crippen LogP contribution in [0.25, 0.3) is 0 Å². The van der Waals surface area contributed by atoms with Gasteiger partial charge in [0.25, 0.3) is 0 Å². The van der Waals surface area contributed by atoms with E-state index < -0.39 is 0 Å². The summed E-state index contributed by atoms with van der Waals surface area (Å²) >= 11 is 0. The molecule has 1 fully saturated rings. The molecule has 0 aromatic carbocycles. The SMILES string of the molecule is CNCC1(C(c2ccncc2)N(C)C)CCC1. The Labute approximate surface area is 104 Å². The van der Waals surface area contributed by atoms with Gasteiger partial charge in [-0.25, -0.2) is 0 Å². The summed E-state index contributed by atoms with van der Waals surface area (Å²) in [7, 11) is 6.42. The van der Waals surface area contributed by atoms with Crippen molar-refractivity contribution in [3.05, 3.63) is 30.1 Å². The number of aromatic nitrogens is 1. The van der Waals surface area contributed by atoms with E-state index in [0.717, 1.165) is 6.54 Å². The highest BCUT2D eigenvalue weighted by molar-refractivity contribution is 5.20. The molecule has 0 spiro atoms. The van der Waals surface area contributed by atoms with Crippen molar-refractivity contribution in [2.75, 3.05) is 27.7 Å². The number of nitrogens with zero attached hydrogens (tertiary/aromatic N) is 2. The first-order valence-electron chi connectivity index (χ1n) is 6.40. The van der Waals surface area contributed by atoms with E-state index in [2.05, 4.69) is 48.5 Å². The predicted octanol–water partition coefficient (Wildman–Crippen LogP) is 2.07. The summed E-state index contributed by atoms with van der Waals surface area (Å²) in [6.45, 7) is 1.10. The molecule has 1 heterocycles. The molecule has 1 saturated carbocycles. The first-order chi connectivity index (χ1) is 8.19. The maximum Gasteiger partial charge on any atom is 0.0411 e. The summed E-state index contributed by atoms with van der Waals surface area (Å²) < 4.78 is 0. The molecule has 1 aliphatic rings. The maximum atomic E-state index is 4.12. The largest absolute Gasteiger partial charge is 0.319 e. The van der Waals surface area contributed by atoms with Crippen LogP contribution in [0.1, 0.15) is 30.9 Å². The van der Waals surface area contributed by atoms with Crippen LogP contribution in [0.5, 0.6) is 0 Å². The minimum atomic E-state index is 0.402. The number of pyridine rings is 1. The molecule has 0 bridgehead atoms. The average Bonchev–Trinajstić information content (AvgIpc) is 2.27. The van der Waals surface area contributed by atoms with Crippen LogP contribution < -0.4 is 5.32 Å². The zero-order valence-corrected chi connectivity index (χ0v) is 11.1. The Hall–Kier alpha value is -0.930. The molecule has 1 unspecified atom stereocenters. The third-order valence-corrected chi connectivity index (χ3v) is 4.00. The van der Waals surface area contributed by atoms with Crippen molar-refractivity contribution in [3.63, 3.8) is 0 Å². The lowest BCUT2D eigenvalue weighted by atomic mass is 9.62. The van der Waals surface area contributed by atoms with Gasteiger partial charge in [-0.15, -0.1) is 0 Å². The standard InChI is InChI=1S/C14H23N3/c1-15-11-14(7-4-8-14)13(17(2)3)12-5-9-16-10-6-12/h5-6,9-10,13,15H,4,7-8,11H2,1-3H3. The molecule has 0 saturated heterocycles. The fourth-order valence-corrected chi connectivity index (χ4v) is 3.28. The second-order valence-electron chi connectivity index (χ2n) is 5.39. The number of nitrogens with one attached hydrogen (secondary N) is 1. The molecular weight excluding hydrogens is 210 g/mol. The van der Waals surface area contributed by atoms with E-state index in [4.69, 9.17) is 0 Å². The van der Waals surface area contributed by atoms with Crippen LogP contribution in [-0.4, -0.2) is 37.6 Å². The van der Waals surface area contributed by atoms with Gasteiger partial charge in [-0.2, -0.15) is 0 Å². The fraction of sp³-hybridized carbons (Fsp3) is 0.643. The van der Waals surface area contributed by atoms with Crippen LogP contribution in [0.3, 0.4) is 0 Å². The third kappa shape index (κ3) is 2.35. The first kappa shape index (κ1) is 12.5.